The second kappa shape index (κ2) is 5.21. The molecule has 0 fully saturated rings. The Morgan fingerprint density at radius 2 is 2.37 bits per heavy atom. The minimum absolute atomic E-state index is 0.141. The van der Waals surface area contributed by atoms with E-state index in [2.05, 4.69) is 29.4 Å². The number of rotatable bonds is 4. The molecule has 2 aromatic rings. The Morgan fingerprint density at radius 1 is 1.47 bits per heavy atom. The van der Waals surface area contributed by atoms with Crippen LogP contribution in [0.5, 0.6) is 5.75 Å². The van der Waals surface area contributed by atoms with Crippen LogP contribution < -0.4 is 4.74 Å². The molecule has 0 N–H and O–H groups in total. The maximum absolute atomic E-state index is 5.92. The summed E-state index contributed by atoms with van der Waals surface area (Å²) in [5, 5.41) is 8.19. The second-order valence-corrected chi connectivity index (χ2v) is 5.30. The first-order valence-electron chi connectivity index (χ1n) is 6.46. The number of alkyl halides is 1. The molecule has 2 heterocycles. The monoisotopic (exact) mass is 277 g/mol. The van der Waals surface area contributed by atoms with E-state index in [0.29, 0.717) is 5.88 Å². The van der Waals surface area contributed by atoms with Gasteiger partial charge in [-0.1, -0.05) is 22.9 Å². The van der Waals surface area contributed by atoms with Crippen molar-refractivity contribution in [1.29, 1.82) is 0 Å². The summed E-state index contributed by atoms with van der Waals surface area (Å²) in [6.45, 7) is 2.83. The summed E-state index contributed by atoms with van der Waals surface area (Å²) in [5.74, 6) is 1.57. The van der Waals surface area contributed by atoms with Crippen molar-refractivity contribution in [3.8, 4) is 5.75 Å². The van der Waals surface area contributed by atoms with E-state index in [1.807, 2.05) is 16.9 Å². The third-order valence-corrected chi connectivity index (χ3v) is 3.47. The minimum atomic E-state index is 0.141. The number of nitrogens with zero attached hydrogens (tertiary/aromatic N) is 3. The molecule has 3 rings (SSSR count). The van der Waals surface area contributed by atoms with Gasteiger partial charge in [0.25, 0.3) is 0 Å². The van der Waals surface area contributed by atoms with Crippen LogP contribution in [0.25, 0.3) is 0 Å². The van der Waals surface area contributed by atoms with Crippen molar-refractivity contribution < 1.29 is 4.74 Å². The Hall–Kier alpha value is -1.55. The van der Waals surface area contributed by atoms with Gasteiger partial charge in [0, 0.05) is 24.9 Å². The Morgan fingerprint density at radius 3 is 3.21 bits per heavy atom. The molecule has 1 aromatic heterocycles. The standard InChI is InChI=1S/C14H16ClN3O/c1-10-2-3-14-11(6-10)7-13(19-14)9-18-8-12(4-5-15)16-17-18/h2-3,6,8,13H,4-5,7,9H2,1H3. The van der Waals surface area contributed by atoms with Crippen LogP contribution in [0.3, 0.4) is 0 Å². The number of hydrogen-bond acceptors (Lipinski definition) is 3. The molecule has 1 aliphatic heterocycles. The van der Waals surface area contributed by atoms with Crippen LogP contribution in [0.4, 0.5) is 0 Å². The van der Waals surface area contributed by atoms with Crippen LogP contribution in [0.2, 0.25) is 0 Å². The van der Waals surface area contributed by atoms with Crippen molar-refractivity contribution in [2.24, 2.45) is 0 Å². The number of fused-ring (bicyclic) bond motifs is 1. The highest BCUT2D eigenvalue weighted by molar-refractivity contribution is 6.17. The maximum Gasteiger partial charge on any atom is 0.123 e. The molecule has 0 saturated heterocycles. The van der Waals surface area contributed by atoms with Crippen LogP contribution in [0.1, 0.15) is 16.8 Å². The lowest BCUT2D eigenvalue weighted by molar-refractivity contribution is 0.202. The lowest BCUT2D eigenvalue weighted by atomic mass is 10.1. The van der Waals surface area contributed by atoms with E-state index < -0.39 is 0 Å². The zero-order chi connectivity index (χ0) is 13.2. The summed E-state index contributed by atoms with van der Waals surface area (Å²) < 4.78 is 7.76. The van der Waals surface area contributed by atoms with Crippen molar-refractivity contribution in [3.05, 3.63) is 41.2 Å². The number of aryl methyl sites for hydroxylation is 2. The molecule has 0 spiro atoms. The normalized spacial score (nSPS) is 17.3. The van der Waals surface area contributed by atoms with Gasteiger partial charge >= 0.3 is 0 Å². The lowest BCUT2D eigenvalue weighted by Crippen LogP contribution is -2.21. The van der Waals surface area contributed by atoms with Crippen molar-refractivity contribution in [2.75, 3.05) is 5.88 Å². The van der Waals surface area contributed by atoms with Gasteiger partial charge in [0.1, 0.15) is 11.9 Å². The zero-order valence-corrected chi connectivity index (χ0v) is 11.6. The number of aromatic nitrogens is 3. The molecule has 5 heteroatoms. The van der Waals surface area contributed by atoms with Gasteiger partial charge in [-0.2, -0.15) is 0 Å². The largest absolute Gasteiger partial charge is 0.488 e. The molecule has 4 nitrogen and oxygen atoms in total. The summed E-state index contributed by atoms with van der Waals surface area (Å²) >= 11 is 5.69. The molecule has 0 amide bonds. The molecule has 1 aliphatic rings. The van der Waals surface area contributed by atoms with E-state index in [-0.39, 0.29) is 6.10 Å². The predicted octanol–water partition coefficient (Wildman–Crippen LogP) is 2.37. The zero-order valence-electron chi connectivity index (χ0n) is 10.8. The molecule has 0 aliphatic carbocycles. The quantitative estimate of drug-likeness (QED) is 0.806. The van der Waals surface area contributed by atoms with E-state index in [1.54, 1.807) is 0 Å². The molecular formula is C14H16ClN3O. The van der Waals surface area contributed by atoms with Gasteiger partial charge in [0.15, 0.2) is 0 Å². The average molecular weight is 278 g/mol. The van der Waals surface area contributed by atoms with E-state index in [4.69, 9.17) is 16.3 Å². The molecule has 0 bridgehead atoms. The third kappa shape index (κ3) is 2.73. The van der Waals surface area contributed by atoms with Crippen molar-refractivity contribution in [3.63, 3.8) is 0 Å². The molecule has 0 saturated carbocycles. The van der Waals surface area contributed by atoms with Crippen LogP contribution in [0.15, 0.2) is 24.4 Å². The Labute approximate surface area is 117 Å². The number of halogens is 1. The summed E-state index contributed by atoms with van der Waals surface area (Å²) in [4.78, 5) is 0. The van der Waals surface area contributed by atoms with Crippen LogP contribution in [-0.4, -0.2) is 27.0 Å². The fraction of sp³-hybridized carbons (Fsp3) is 0.429. The highest BCUT2D eigenvalue weighted by atomic mass is 35.5. The third-order valence-electron chi connectivity index (χ3n) is 3.28. The molecule has 1 unspecified atom stereocenters. The summed E-state index contributed by atoms with van der Waals surface area (Å²) in [6.07, 6.45) is 3.77. The van der Waals surface area contributed by atoms with Crippen molar-refractivity contribution >= 4 is 11.6 Å². The van der Waals surface area contributed by atoms with E-state index >= 15 is 0 Å². The van der Waals surface area contributed by atoms with Crippen molar-refractivity contribution in [1.82, 2.24) is 15.0 Å². The first-order valence-corrected chi connectivity index (χ1v) is 6.99. The van der Waals surface area contributed by atoms with Gasteiger partial charge < -0.3 is 4.74 Å². The maximum atomic E-state index is 5.92. The molecule has 0 radical (unpaired) electrons. The Balaban J connectivity index is 1.66. The van der Waals surface area contributed by atoms with Crippen LogP contribution in [0, 0.1) is 6.92 Å². The molecular weight excluding hydrogens is 262 g/mol. The van der Waals surface area contributed by atoms with E-state index in [0.717, 1.165) is 30.8 Å². The predicted molar refractivity (Wildman–Crippen MR) is 73.7 cm³/mol. The number of benzene rings is 1. The van der Waals surface area contributed by atoms with Gasteiger partial charge in [0.2, 0.25) is 0 Å². The SMILES string of the molecule is Cc1ccc2c(c1)CC(Cn1cc(CCCl)nn1)O2. The van der Waals surface area contributed by atoms with Gasteiger partial charge in [-0.15, -0.1) is 16.7 Å². The smallest absolute Gasteiger partial charge is 0.123 e. The number of hydrogen-bond donors (Lipinski definition) is 0. The van der Waals surface area contributed by atoms with Gasteiger partial charge in [0.05, 0.1) is 12.2 Å². The number of ether oxygens (including phenoxy) is 1. The Kier molecular flexibility index (Phi) is 3.42. The van der Waals surface area contributed by atoms with E-state index in [1.165, 1.54) is 11.1 Å². The average Bonchev–Trinajstić information content (AvgIpc) is 2.96. The second-order valence-electron chi connectivity index (χ2n) is 4.93. The molecule has 1 atom stereocenters. The van der Waals surface area contributed by atoms with Crippen LogP contribution >= 0.6 is 11.6 Å². The summed E-state index contributed by atoms with van der Waals surface area (Å²) in [5.41, 5.74) is 3.49. The first kappa shape index (κ1) is 12.5. The van der Waals surface area contributed by atoms with Gasteiger partial charge in [-0.3, -0.25) is 0 Å². The summed E-state index contributed by atoms with van der Waals surface area (Å²) in [6, 6.07) is 6.32. The van der Waals surface area contributed by atoms with Gasteiger partial charge in [-0.05, 0) is 18.6 Å². The highest BCUT2D eigenvalue weighted by Gasteiger charge is 2.23. The molecule has 1 aromatic carbocycles. The fourth-order valence-corrected chi connectivity index (χ4v) is 2.59. The fourth-order valence-electron chi connectivity index (χ4n) is 2.40. The Bertz CT molecular complexity index is 582. The van der Waals surface area contributed by atoms with Crippen molar-refractivity contribution in [2.45, 2.75) is 32.4 Å². The lowest BCUT2D eigenvalue weighted by Gasteiger charge is -2.09. The minimum Gasteiger partial charge on any atom is -0.488 e. The molecule has 100 valence electrons. The summed E-state index contributed by atoms with van der Waals surface area (Å²) in [7, 11) is 0. The molecule has 19 heavy (non-hydrogen) atoms. The van der Waals surface area contributed by atoms with Gasteiger partial charge in [-0.25, -0.2) is 4.68 Å². The van der Waals surface area contributed by atoms with Crippen LogP contribution in [-0.2, 0) is 19.4 Å². The first-order chi connectivity index (χ1) is 9.24. The van der Waals surface area contributed by atoms with E-state index in [9.17, 15) is 0 Å². The highest BCUT2D eigenvalue weighted by Crippen LogP contribution is 2.29. The topological polar surface area (TPSA) is 39.9 Å².